The molecule has 1 saturated heterocycles. The molecule has 0 bridgehead atoms. The molecule has 1 saturated carbocycles. The molecule has 0 amide bonds. The average Bonchev–Trinajstić information content (AvgIpc) is 2.92. The minimum absolute atomic E-state index is 0.0396. The Morgan fingerprint density at radius 2 is 1.88 bits per heavy atom. The molecule has 0 N–H and O–H groups in total. The van der Waals surface area contributed by atoms with Gasteiger partial charge in [0.25, 0.3) is 0 Å². The van der Waals surface area contributed by atoms with Crippen molar-refractivity contribution in [2.24, 2.45) is 0 Å². The molecule has 0 atom stereocenters. The zero-order valence-electron chi connectivity index (χ0n) is 13.9. The maximum atomic E-state index is 14.0. The maximum absolute atomic E-state index is 14.0. The SMILES string of the molecule is CC1(n2nnnc2N2CCCN(c3ncccc3F)CC2)CCC1. The van der Waals surface area contributed by atoms with Crippen LogP contribution in [0.2, 0.25) is 0 Å². The number of hydrogen-bond donors (Lipinski definition) is 0. The average molecular weight is 331 g/mol. The van der Waals surface area contributed by atoms with Crippen molar-refractivity contribution in [3.63, 3.8) is 0 Å². The van der Waals surface area contributed by atoms with Crippen molar-refractivity contribution in [1.82, 2.24) is 25.2 Å². The Morgan fingerprint density at radius 3 is 2.62 bits per heavy atom. The monoisotopic (exact) mass is 331 g/mol. The summed E-state index contributed by atoms with van der Waals surface area (Å²) in [6.07, 6.45) is 6.01. The zero-order chi connectivity index (χ0) is 16.6. The Balaban J connectivity index is 1.52. The van der Waals surface area contributed by atoms with Gasteiger partial charge in [0.15, 0.2) is 11.6 Å². The van der Waals surface area contributed by atoms with E-state index in [9.17, 15) is 4.39 Å². The second-order valence-corrected chi connectivity index (χ2v) is 6.88. The van der Waals surface area contributed by atoms with E-state index in [0.717, 1.165) is 44.8 Å². The van der Waals surface area contributed by atoms with Crippen LogP contribution in [0.5, 0.6) is 0 Å². The van der Waals surface area contributed by atoms with Crippen LogP contribution in [0, 0.1) is 5.82 Å². The molecule has 0 aromatic carbocycles. The molecule has 2 fully saturated rings. The van der Waals surface area contributed by atoms with Gasteiger partial charge in [0.1, 0.15) is 0 Å². The number of nitrogens with zero attached hydrogens (tertiary/aromatic N) is 7. The smallest absolute Gasteiger partial charge is 0.246 e. The summed E-state index contributed by atoms with van der Waals surface area (Å²) in [6.45, 7) is 5.32. The van der Waals surface area contributed by atoms with Crippen LogP contribution in [-0.4, -0.2) is 51.4 Å². The summed E-state index contributed by atoms with van der Waals surface area (Å²) in [6, 6.07) is 3.08. The third-order valence-corrected chi connectivity index (χ3v) is 5.21. The van der Waals surface area contributed by atoms with Crippen molar-refractivity contribution in [3.05, 3.63) is 24.1 Å². The largest absolute Gasteiger partial charge is 0.352 e. The molecule has 1 aliphatic heterocycles. The third-order valence-electron chi connectivity index (χ3n) is 5.21. The number of halogens is 1. The number of pyridine rings is 1. The summed E-state index contributed by atoms with van der Waals surface area (Å²) in [4.78, 5) is 8.42. The first-order valence-electron chi connectivity index (χ1n) is 8.57. The van der Waals surface area contributed by atoms with Crippen molar-refractivity contribution >= 4 is 11.8 Å². The van der Waals surface area contributed by atoms with Gasteiger partial charge in [-0.05, 0) is 55.2 Å². The molecule has 8 heteroatoms. The zero-order valence-corrected chi connectivity index (χ0v) is 13.9. The lowest BCUT2D eigenvalue weighted by Crippen LogP contribution is -2.42. The summed E-state index contributed by atoms with van der Waals surface area (Å²) < 4.78 is 16.0. The lowest BCUT2D eigenvalue weighted by atomic mass is 9.79. The predicted molar refractivity (Wildman–Crippen MR) is 88.6 cm³/mol. The molecule has 0 spiro atoms. The van der Waals surface area contributed by atoms with Gasteiger partial charge in [-0.3, -0.25) is 0 Å². The molecule has 3 heterocycles. The fourth-order valence-corrected chi connectivity index (χ4v) is 3.57. The van der Waals surface area contributed by atoms with Gasteiger partial charge in [-0.1, -0.05) is 5.10 Å². The predicted octanol–water partition coefficient (Wildman–Crippen LogP) is 1.82. The van der Waals surface area contributed by atoms with Crippen LogP contribution >= 0.6 is 0 Å². The second kappa shape index (κ2) is 5.99. The van der Waals surface area contributed by atoms with Crippen molar-refractivity contribution < 1.29 is 4.39 Å². The van der Waals surface area contributed by atoms with Crippen molar-refractivity contribution in [2.75, 3.05) is 36.0 Å². The molecule has 128 valence electrons. The third kappa shape index (κ3) is 2.59. The van der Waals surface area contributed by atoms with Gasteiger partial charge < -0.3 is 9.80 Å². The maximum Gasteiger partial charge on any atom is 0.246 e. The van der Waals surface area contributed by atoms with Gasteiger partial charge in [0, 0.05) is 32.4 Å². The lowest BCUT2D eigenvalue weighted by Gasteiger charge is -2.39. The number of hydrogen-bond acceptors (Lipinski definition) is 6. The first-order valence-corrected chi connectivity index (χ1v) is 8.57. The first kappa shape index (κ1) is 15.3. The van der Waals surface area contributed by atoms with E-state index in [0.29, 0.717) is 12.4 Å². The summed E-state index contributed by atoms with van der Waals surface area (Å²) >= 11 is 0. The summed E-state index contributed by atoms with van der Waals surface area (Å²) in [5.74, 6) is 1.00. The quantitative estimate of drug-likeness (QED) is 0.855. The summed E-state index contributed by atoms with van der Waals surface area (Å²) in [5.41, 5.74) is 0.0396. The van der Waals surface area contributed by atoms with E-state index in [-0.39, 0.29) is 11.4 Å². The molecule has 24 heavy (non-hydrogen) atoms. The first-order chi connectivity index (χ1) is 11.7. The van der Waals surface area contributed by atoms with Gasteiger partial charge in [0.2, 0.25) is 5.95 Å². The highest BCUT2D eigenvalue weighted by Crippen LogP contribution is 2.39. The minimum Gasteiger partial charge on any atom is -0.352 e. The molecule has 4 rings (SSSR count). The van der Waals surface area contributed by atoms with E-state index in [2.05, 4.69) is 32.3 Å². The fraction of sp³-hybridized carbons (Fsp3) is 0.625. The number of anilines is 2. The molecule has 2 aliphatic rings. The Labute approximate surface area is 140 Å². The van der Waals surface area contributed by atoms with Crippen LogP contribution < -0.4 is 9.80 Å². The van der Waals surface area contributed by atoms with Crippen LogP contribution in [-0.2, 0) is 5.54 Å². The molecule has 2 aromatic heterocycles. The van der Waals surface area contributed by atoms with E-state index >= 15 is 0 Å². The topological polar surface area (TPSA) is 63.0 Å². The number of tetrazole rings is 1. The molecule has 0 radical (unpaired) electrons. The van der Waals surface area contributed by atoms with Gasteiger partial charge in [-0.15, -0.1) is 0 Å². The standard InChI is InChI=1S/C16H22FN7/c1-16(6-3-7-16)24-15(19-20-21-24)23-10-4-9-22(11-12-23)14-13(17)5-2-8-18-14/h2,5,8H,3-4,6-7,9-12H2,1H3. The molecular formula is C16H22FN7. The second-order valence-electron chi connectivity index (χ2n) is 6.88. The van der Waals surface area contributed by atoms with E-state index < -0.39 is 0 Å². The molecule has 2 aromatic rings. The van der Waals surface area contributed by atoms with E-state index in [4.69, 9.17) is 0 Å². The fourth-order valence-electron chi connectivity index (χ4n) is 3.57. The van der Waals surface area contributed by atoms with Crippen LogP contribution in [0.25, 0.3) is 0 Å². The lowest BCUT2D eigenvalue weighted by molar-refractivity contribution is 0.147. The Morgan fingerprint density at radius 1 is 1.08 bits per heavy atom. The Kier molecular flexibility index (Phi) is 3.82. The highest BCUT2D eigenvalue weighted by atomic mass is 19.1. The van der Waals surface area contributed by atoms with Gasteiger partial charge in [-0.25, -0.2) is 14.1 Å². The van der Waals surface area contributed by atoms with Gasteiger partial charge in [-0.2, -0.15) is 0 Å². The highest BCUT2D eigenvalue weighted by Gasteiger charge is 2.38. The normalized spacial score (nSPS) is 20.6. The summed E-state index contributed by atoms with van der Waals surface area (Å²) in [7, 11) is 0. The molecule has 7 nitrogen and oxygen atoms in total. The van der Waals surface area contributed by atoms with Crippen molar-refractivity contribution in [2.45, 2.75) is 38.1 Å². The number of aromatic nitrogens is 5. The van der Waals surface area contributed by atoms with Crippen LogP contribution in [0.1, 0.15) is 32.6 Å². The Hall–Kier alpha value is -2.25. The van der Waals surface area contributed by atoms with Gasteiger partial charge in [0.05, 0.1) is 5.54 Å². The van der Waals surface area contributed by atoms with Crippen LogP contribution in [0.15, 0.2) is 18.3 Å². The van der Waals surface area contributed by atoms with Crippen molar-refractivity contribution in [1.29, 1.82) is 0 Å². The van der Waals surface area contributed by atoms with Gasteiger partial charge >= 0.3 is 0 Å². The van der Waals surface area contributed by atoms with Crippen molar-refractivity contribution in [3.8, 4) is 0 Å². The van der Waals surface area contributed by atoms with E-state index in [1.807, 2.05) is 9.58 Å². The van der Waals surface area contributed by atoms with E-state index in [1.165, 1.54) is 12.5 Å². The summed E-state index contributed by atoms with van der Waals surface area (Å²) in [5, 5.41) is 12.4. The highest BCUT2D eigenvalue weighted by molar-refractivity contribution is 5.41. The van der Waals surface area contributed by atoms with Crippen LogP contribution in [0.3, 0.4) is 0 Å². The molecular weight excluding hydrogens is 309 g/mol. The minimum atomic E-state index is -0.266. The van der Waals surface area contributed by atoms with E-state index in [1.54, 1.807) is 12.3 Å². The number of rotatable bonds is 3. The molecule has 0 unspecified atom stereocenters. The molecule has 1 aliphatic carbocycles. The Bertz CT molecular complexity index is 712. The van der Waals surface area contributed by atoms with Crippen LogP contribution in [0.4, 0.5) is 16.2 Å².